The fourth-order valence-electron chi connectivity index (χ4n) is 7.04. The number of carboxylic acid groups (broad SMARTS) is 1. The molecule has 0 spiro atoms. The van der Waals surface area contributed by atoms with Crippen molar-refractivity contribution in [1.82, 2.24) is 19.7 Å². The van der Waals surface area contributed by atoms with Crippen LogP contribution >= 0.6 is 0 Å². The molecule has 8 heteroatoms. The van der Waals surface area contributed by atoms with Crippen LogP contribution in [0.3, 0.4) is 0 Å². The van der Waals surface area contributed by atoms with E-state index in [0.717, 1.165) is 41.6 Å². The van der Waals surface area contributed by atoms with Gasteiger partial charge in [-0.05, 0) is 71.7 Å². The second-order valence-electron chi connectivity index (χ2n) is 12.0. The van der Waals surface area contributed by atoms with Crippen LogP contribution in [-0.2, 0) is 32.5 Å². The molecule has 222 valence electrons. The van der Waals surface area contributed by atoms with E-state index in [1.807, 2.05) is 54.7 Å². The molecular formula is C36H34N4O4. The summed E-state index contributed by atoms with van der Waals surface area (Å²) in [7, 11) is 0. The van der Waals surface area contributed by atoms with Crippen molar-refractivity contribution in [2.75, 3.05) is 6.54 Å². The first kappa shape index (κ1) is 28.0. The van der Waals surface area contributed by atoms with Gasteiger partial charge in [0.15, 0.2) is 0 Å². The van der Waals surface area contributed by atoms with Crippen molar-refractivity contribution in [3.8, 4) is 0 Å². The highest BCUT2D eigenvalue weighted by Crippen LogP contribution is 2.35. The summed E-state index contributed by atoms with van der Waals surface area (Å²) in [6.07, 6.45) is 4.62. The Morgan fingerprint density at radius 2 is 1.50 bits per heavy atom. The first-order chi connectivity index (χ1) is 21.5. The fraction of sp³-hybridized carbons (Fsp3) is 0.278. The molecule has 1 aliphatic carbocycles. The zero-order valence-electron chi connectivity index (χ0n) is 24.4. The average molecular weight is 587 g/mol. The van der Waals surface area contributed by atoms with E-state index in [-0.39, 0.29) is 30.4 Å². The van der Waals surface area contributed by atoms with Crippen molar-refractivity contribution < 1.29 is 19.5 Å². The lowest BCUT2D eigenvalue weighted by Crippen LogP contribution is -2.50. The molecule has 3 aliphatic rings. The zero-order valence-corrected chi connectivity index (χ0v) is 24.4. The maximum atomic E-state index is 12.9. The quantitative estimate of drug-likeness (QED) is 0.273. The minimum Gasteiger partial charge on any atom is -0.465 e. The summed E-state index contributed by atoms with van der Waals surface area (Å²) in [5, 5.41) is 10.2. The van der Waals surface area contributed by atoms with E-state index in [1.54, 1.807) is 29.2 Å². The zero-order chi connectivity index (χ0) is 30.2. The molecule has 44 heavy (non-hydrogen) atoms. The van der Waals surface area contributed by atoms with Gasteiger partial charge in [-0.25, -0.2) is 4.79 Å². The Labute approximate surface area is 256 Å². The van der Waals surface area contributed by atoms with Gasteiger partial charge in [0.2, 0.25) is 0 Å². The first-order valence-electron chi connectivity index (χ1n) is 15.2. The van der Waals surface area contributed by atoms with Gasteiger partial charge in [-0.15, -0.1) is 0 Å². The Kier molecular flexibility index (Phi) is 7.44. The summed E-state index contributed by atoms with van der Waals surface area (Å²) >= 11 is 0. The lowest BCUT2D eigenvalue weighted by atomic mass is 9.89. The van der Waals surface area contributed by atoms with Gasteiger partial charge in [0.05, 0.1) is 35.4 Å². The Hall–Kier alpha value is -4.82. The van der Waals surface area contributed by atoms with Gasteiger partial charge >= 0.3 is 6.09 Å². The van der Waals surface area contributed by atoms with Gasteiger partial charge in [0.25, 0.3) is 11.8 Å². The van der Waals surface area contributed by atoms with Gasteiger partial charge in [0, 0.05) is 25.8 Å². The number of rotatable bonds is 7. The molecule has 0 saturated heterocycles. The molecule has 0 radical (unpaired) electrons. The Bertz CT molecular complexity index is 1700. The maximum absolute atomic E-state index is 12.9. The maximum Gasteiger partial charge on any atom is 0.407 e. The number of fused-ring (bicyclic) bond motifs is 3. The van der Waals surface area contributed by atoms with E-state index < -0.39 is 6.09 Å². The van der Waals surface area contributed by atoms with Crippen molar-refractivity contribution in [3.63, 3.8) is 0 Å². The highest BCUT2D eigenvalue weighted by molar-refractivity contribution is 6.21. The average Bonchev–Trinajstić information content (AvgIpc) is 3.29. The molecule has 0 fully saturated rings. The number of aromatic nitrogens is 1. The van der Waals surface area contributed by atoms with E-state index in [2.05, 4.69) is 17.0 Å². The summed E-state index contributed by atoms with van der Waals surface area (Å²) < 4.78 is 0. The molecule has 1 N–H and O–H groups in total. The van der Waals surface area contributed by atoms with Crippen molar-refractivity contribution >= 4 is 17.9 Å². The number of imide groups is 1. The summed E-state index contributed by atoms with van der Waals surface area (Å²) in [4.78, 5) is 48.3. The predicted octanol–water partition coefficient (Wildman–Crippen LogP) is 5.86. The third kappa shape index (κ3) is 5.26. The second-order valence-corrected chi connectivity index (χ2v) is 12.0. The van der Waals surface area contributed by atoms with Crippen LogP contribution in [-0.4, -0.2) is 55.3 Å². The third-order valence-corrected chi connectivity index (χ3v) is 9.28. The number of carbonyl (C=O) groups is 3. The van der Waals surface area contributed by atoms with E-state index in [4.69, 9.17) is 4.98 Å². The second kappa shape index (κ2) is 11.7. The van der Waals surface area contributed by atoms with Gasteiger partial charge < -0.3 is 5.11 Å². The Balaban J connectivity index is 1.14. The number of nitrogens with zero attached hydrogens (tertiary/aromatic N) is 4. The molecule has 1 unspecified atom stereocenters. The predicted molar refractivity (Wildman–Crippen MR) is 165 cm³/mol. The summed E-state index contributed by atoms with van der Waals surface area (Å²) in [5.74, 6) is -0.525. The largest absolute Gasteiger partial charge is 0.465 e. The van der Waals surface area contributed by atoms with E-state index in [0.29, 0.717) is 37.2 Å². The van der Waals surface area contributed by atoms with Crippen LogP contribution < -0.4 is 0 Å². The Morgan fingerprint density at radius 1 is 0.841 bits per heavy atom. The monoisotopic (exact) mass is 586 g/mol. The normalized spacial score (nSPS) is 19.1. The van der Waals surface area contributed by atoms with Crippen molar-refractivity contribution in [2.45, 2.75) is 57.4 Å². The molecule has 4 aromatic rings. The number of hydrogen-bond acceptors (Lipinski definition) is 5. The smallest absolute Gasteiger partial charge is 0.407 e. The molecule has 3 aromatic carbocycles. The van der Waals surface area contributed by atoms with Crippen LogP contribution in [0.2, 0.25) is 0 Å². The van der Waals surface area contributed by atoms with Gasteiger partial charge in [0.1, 0.15) is 0 Å². The molecule has 8 nitrogen and oxygen atoms in total. The van der Waals surface area contributed by atoms with E-state index in [1.165, 1.54) is 16.0 Å². The number of amides is 3. The lowest BCUT2D eigenvalue weighted by molar-refractivity contribution is 0.0642. The van der Waals surface area contributed by atoms with E-state index in [9.17, 15) is 19.5 Å². The number of carbonyl (C=O) groups excluding carboxylic acids is 2. The molecule has 2 atom stereocenters. The van der Waals surface area contributed by atoms with Crippen LogP contribution in [0.5, 0.6) is 0 Å². The number of pyridine rings is 1. The highest BCUT2D eigenvalue weighted by atomic mass is 16.4. The molecule has 0 saturated carbocycles. The molecule has 0 bridgehead atoms. The van der Waals surface area contributed by atoms with E-state index >= 15 is 0 Å². The minimum absolute atomic E-state index is 0.0748. The highest BCUT2D eigenvalue weighted by Gasteiger charge is 2.36. The summed E-state index contributed by atoms with van der Waals surface area (Å²) in [6.45, 7) is 1.80. The first-order valence-corrected chi connectivity index (χ1v) is 15.2. The SMILES string of the molecule is O=C1c2ccccc2C(=O)N1Cc1ccc(CN(CC2Cc3ccccc3CN2C(=O)O)[C@H]2CCCc3cccnc32)cc1. The van der Waals surface area contributed by atoms with Gasteiger partial charge in [-0.1, -0.05) is 66.7 Å². The lowest BCUT2D eigenvalue weighted by Gasteiger charge is -2.41. The molecular weight excluding hydrogens is 552 g/mol. The molecule has 3 heterocycles. The topological polar surface area (TPSA) is 94.1 Å². The number of benzene rings is 3. The molecule has 7 rings (SSSR count). The van der Waals surface area contributed by atoms with Crippen LogP contribution in [0.1, 0.15) is 73.1 Å². The summed E-state index contributed by atoms with van der Waals surface area (Å²) in [5.41, 5.74) is 7.47. The van der Waals surface area contributed by atoms with Crippen LogP contribution in [0, 0.1) is 0 Å². The fourth-order valence-corrected chi connectivity index (χ4v) is 7.04. The van der Waals surface area contributed by atoms with Crippen LogP contribution in [0.25, 0.3) is 0 Å². The van der Waals surface area contributed by atoms with Gasteiger partial charge in [-0.3, -0.25) is 29.3 Å². The standard InChI is InChI=1S/C36H34N4O4/c41-34-30-11-3-4-12-31(30)35(42)40(34)21-25-16-14-24(15-17-25)20-38(32-13-5-9-26-10-6-18-37-33(26)32)23-29-19-27-7-1-2-8-28(27)22-39(29)36(43)44/h1-4,6-8,10-12,14-18,29,32H,5,9,13,19-23H2,(H,43,44)/t29?,32-/m0/s1. The third-order valence-electron chi connectivity index (χ3n) is 9.28. The number of aryl methyl sites for hydroxylation is 1. The minimum atomic E-state index is -0.899. The number of hydrogen-bond donors (Lipinski definition) is 1. The van der Waals surface area contributed by atoms with Crippen molar-refractivity contribution in [3.05, 3.63) is 136 Å². The molecule has 1 aromatic heterocycles. The van der Waals surface area contributed by atoms with Crippen molar-refractivity contribution in [1.29, 1.82) is 0 Å². The van der Waals surface area contributed by atoms with Crippen LogP contribution in [0.15, 0.2) is 91.1 Å². The summed E-state index contributed by atoms with van der Waals surface area (Å²) in [6, 6.07) is 27.1. The molecule has 3 amide bonds. The van der Waals surface area contributed by atoms with Gasteiger partial charge in [-0.2, -0.15) is 0 Å². The molecule has 2 aliphatic heterocycles. The van der Waals surface area contributed by atoms with Crippen molar-refractivity contribution in [2.24, 2.45) is 0 Å². The van der Waals surface area contributed by atoms with Crippen LogP contribution in [0.4, 0.5) is 4.79 Å². The Morgan fingerprint density at radius 3 is 2.23 bits per heavy atom.